The van der Waals surface area contributed by atoms with Gasteiger partial charge in [-0.2, -0.15) is 0 Å². The molecular formula is C20H35NO6. The largest absolute Gasteiger partial charge is 0.461 e. The van der Waals surface area contributed by atoms with Crippen molar-refractivity contribution < 1.29 is 28.6 Å². The fourth-order valence-corrected chi connectivity index (χ4v) is 1.90. The topological polar surface area (TPSA) is 82.1 Å². The normalized spacial score (nSPS) is 11.0. The Kier molecular flexibility index (Phi) is 17.3. The molecule has 0 amide bonds. The Morgan fingerprint density at radius 2 is 1.37 bits per heavy atom. The summed E-state index contributed by atoms with van der Waals surface area (Å²) in [7, 11) is 3.82. The number of hydrogen-bond acceptors (Lipinski definition) is 7. The number of rotatable bonds is 13. The summed E-state index contributed by atoms with van der Waals surface area (Å²) in [5.74, 6) is -1.51. The molecule has 0 radical (unpaired) electrons. The van der Waals surface area contributed by atoms with Gasteiger partial charge in [0.25, 0.3) is 0 Å². The molecule has 0 fully saturated rings. The number of carbonyl (C=O) groups excluding carboxylic acids is 3. The monoisotopic (exact) mass is 385 g/mol. The highest BCUT2D eigenvalue weighted by atomic mass is 16.6. The van der Waals surface area contributed by atoms with Crippen LogP contribution in [0.15, 0.2) is 24.3 Å². The third-order valence-corrected chi connectivity index (χ3v) is 3.23. The third kappa shape index (κ3) is 17.0. The predicted molar refractivity (Wildman–Crippen MR) is 105 cm³/mol. The van der Waals surface area contributed by atoms with Crippen molar-refractivity contribution in [3.05, 3.63) is 24.3 Å². The molecule has 0 heterocycles. The van der Waals surface area contributed by atoms with Gasteiger partial charge in [0.05, 0.1) is 12.8 Å². The van der Waals surface area contributed by atoms with Gasteiger partial charge in [-0.1, -0.05) is 31.7 Å². The first-order valence-corrected chi connectivity index (χ1v) is 8.76. The Morgan fingerprint density at radius 1 is 0.889 bits per heavy atom. The zero-order valence-electron chi connectivity index (χ0n) is 16.2. The number of esters is 3. The molecule has 0 aliphatic carbocycles. The van der Waals surface area contributed by atoms with Gasteiger partial charge in [-0.25, -0.2) is 0 Å². The van der Waals surface area contributed by atoms with Crippen molar-refractivity contribution in [2.24, 2.45) is 0 Å². The molecule has 0 aromatic heterocycles. The van der Waals surface area contributed by atoms with Crippen LogP contribution in [0.1, 0.15) is 47.0 Å². The summed E-state index contributed by atoms with van der Waals surface area (Å²) in [6.45, 7) is 4.66. The quantitative estimate of drug-likeness (QED) is 0.274. The van der Waals surface area contributed by atoms with Crippen LogP contribution in [0.25, 0.3) is 0 Å². The fourth-order valence-electron chi connectivity index (χ4n) is 1.90. The molecule has 0 saturated carbocycles. The van der Waals surface area contributed by atoms with E-state index >= 15 is 0 Å². The summed E-state index contributed by atoms with van der Waals surface area (Å²) >= 11 is 0. The second-order valence-corrected chi connectivity index (χ2v) is 5.93. The molecule has 27 heavy (non-hydrogen) atoms. The van der Waals surface area contributed by atoms with E-state index in [0.29, 0.717) is 6.42 Å². The van der Waals surface area contributed by atoms with Crippen LogP contribution in [0, 0.1) is 0 Å². The Labute approximate surface area is 163 Å². The first-order valence-electron chi connectivity index (χ1n) is 8.76. The molecule has 0 N–H and O–H groups in total. The molecule has 0 aromatic carbocycles. The molecule has 0 aromatic rings. The van der Waals surface area contributed by atoms with E-state index in [1.165, 1.54) is 0 Å². The lowest BCUT2D eigenvalue weighted by Crippen LogP contribution is -2.27. The van der Waals surface area contributed by atoms with E-state index in [4.69, 9.17) is 14.2 Å². The van der Waals surface area contributed by atoms with Crippen LogP contribution in [0.5, 0.6) is 0 Å². The van der Waals surface area contributed by atoms with Crippen molar-refractivity contribution in [3.8, 4) is 0 Å². The van der Waals surface area contributed by atoms with Crippen molar-refractivity contribution in [1.29, 1.82) is 0 Å². The number of ether oxygens (including phenoxy) is 3. The first kappa shape index (κ1) is 27.1. The van der Waals surface area contributed by atoms with Gasteiger partial charge in [0.15, 0.2) is 0 Å². The summed E-state index contributed by atoms with van der Waals surface area (Å²) in [6.07, 6.45) is 6.48. The van der Waals surface area contributed by atoms with Gasteiger partial charge >= 0.3 is 17.9 Å². The van der Waals surface area contributed by atoms with Crippen LogP contribution < -0.4 is 0 Å². The average Bonchev–Trinajstić information content (AvgIpc) is 2.54. The smallest absolute Gasteiger partial charge is 0.309 e. The van der Waals surface area contributed by atoms with E-state index in [2.05, 4.69) is 0 Å². The zero-order chi connectivity index (χ0) is 19.8. The Bertz CT molecular complexity index is 455. The minimum atomic E-state index is -0.891. The first-order chi connectivity index (χ1) is 12.4. The summed E-state index contributed by atoms with van der Waals surface area (Å²) in [6, 6.07) is 0. The maximum atomic E-state index is 12.0. The van der Waals surface area contributed by atoms with E-state index in [0.717, 1.165) is 6.54 Å². The van der Waals surface area contributed by atoms with Crippen molar-refractivity contribution in [2.45, 2.75) is 53.1 Å². The van der Waals surface area contributed by atoms with E-state index in [1.54, 1.807) is 24.3 Å². The van der Waals surface area contributed by atoms with Gasteiger partial charge in [-0.15, -0.1) is 0 Å². The lowest BCUT2D eigenvalue weighted by Gasteiger charge is -2.17. The van der Waals surface area contributed by atoms with Gasteiger partial charge in [-0.3, -0.25) is 14.4 Å². The zero-order valence-corrected chi connectivity index (χ0v) is 16.2. The van der Waals surface area contributed by atoms with Crippen molar-refractivity contribution in [3.63, 3.8) is 0 Å². The molecule has 0 saturated heterocycles. The Hall–Kier alpha value is -2.15. The highest BCUT2D eigenvalue weighted by Gasteiger charge is 2.23. The SMILES string of the molecule is C.C/C=C\COC(=O)CC(CC(=O)OC/C=C\C)OC(=O)CCCN(C)C. The van der Waals surface area contributed by atoms with Crippen LogP contribution in [-0.2, 0) is 28.6 Å². The van der Waals surface area contributed by atoms with Gasteiger partial charge in [0, 0.05) is 6.42 Å². The molecule has 0 bridgehead atoms. The summed E-state index contributed by atoms with van der Waals surface area (Å²) < 4.78 is 15.3. The molecular weight excluding hydrogens is 350 g/mol. The summed E-state index contributed by atoms with van der Waals surface area (Å²) in [5, 5.41) is 0. The highest BCUT2D eigenvalue weighted by molar-refractivity contribution is 5.76. The molecule has 7 nitrogen and oxygen atoms in total. The average molecular weight is 386 g/mol. The Morgan fingerprint density at radius 3 is 1.78 bits per heavy atom. The molecule has 0 aliphatic rings. The lowest BCUT2D eigenvalue weighted by atomic mass is 10.2. The highest BCUT2D eigenvalue weighted by Crippen LogP contribution is 2.10. The van der Waals surface area contributed by atoms with Gasteiger partial charge in [0.1, 0.15) is 19.3 Å². The van der Waals surface area contributed by atoms with Gasteiger partial charge < -0.3 is 19.1 Å². The van der Waals surface area contributed by atoms with Gasteiger partial charge in [0.2, 0.25) is 0 Å². The fraction of sp³-hybridized carbons (Fsp3) is 0.650. The molecule has 156 valence electrons. The van der Waals surface area contributed by atoms with Crippen LogP contribution in [0.3, 0.4) is 0 Å². The standard InChI is InChI=1S/C19H31NO6.CH4/c1-5-7-12-24-18(22)14-16(15-19(23)25-13-8-6-2)26-17(21)10-9-11-20(3)4;/h5-8,16H,9-15H2,1-4H3;1H4/b7-5-,8-6-;. The molecule has 0 aliphatic heterocycles. The van der Waals surface area contributed by atoms with Crippen LogP contribution in [0.4, 0.5) is 0 Å². The molecule has 0 spiro atoms. The molecule has 7 heteroatoms. The second kappa shape index (κ2) is 17.3. The number of carbonyl (C=O) groups is 3. The van der Waals surface area contributed by atoms with Crippen LogP contribution >= 0.6 is 0 Å². The third-order valence-electron chi connectivity index (χ3n) is 3.23. The Balaban J connectivity index is 0. The molecule has 0 atom stereocenters. The van der Waals surface area contributed by atoms with E-state index in [-0.39, 0.29) is 39.9 Å². The second-order valence-electron chi connectivity index (χ2n) is 5.93. The molecule has 0 rings (SSSR count). The minimum absolute atomic E-state index is 0. The number of allylic oxidation sites excluding steroid dienone is 2. The maximum absolute atomic E-state index is 12.0. The summed E-state index contributed by atoms with van der Waals surface area (Å²) in [4.78, 5) is 37.6. The predicted octanol–water partition coefficient (Wildman–Crippen LogP) is 2.89. The van der Waals surface area contributed by atoms with E-state index in [1.807, 2.05) is 32.8 Å². The van der Waals surface area contributed by atoms with Crippen molar-refractivity contribution in [1.82, 2.24) is 4.90 Å². The van der Waals surface area contributed by atoms with Crippen molar-refractivity contribution >= 4 is 17.9 Å². The number of hydrogen-bond donors (Lipinski definition) is 0. The van der Waals surface area contributed by atoms with Gasteiger partial charge in [-0.05, 0) is 40.9 Å². The summed E-state index contributed by atoms with van der Waals surface area (Å²) in [5.41, 5.74) is 0. The molecule has 0 unspecified atom stereocenters. The minimum Gasteiger partial charge on any atom is -0.461 e. The van der Waals surface area contributed by atoms with Crippen LogP contribution in [0.2, 0.25) is 0 Å². The van der Waals surface area contributed by atoms with E-state index < -0.39 is 24.0 Å². The lowest BCUT2D eigenvalue weighted by molar-refractivity contribution is -0.158. The maximum Gasteiger partial charge on any atom is 0.309 e. The van der Waals surface area contributed by atoms with Crippen LogP contribution in [-0.4, -0.2) is 62.8 Å². The number of nitrogens with zero attached hydrogens (tertiary/aromatic N) is 1. The van der Waals surface area contributed by atoms with E-state index in [9.17, 15) is 14.4 Å². The van der Waals surface area contributed by atoms with Crippen molar-refractivity contribution in [2.75, 3.05) is 33.9 Å².